The molecule has 3 aromatic rings. The van der Waals surface area contributed by atoms with E-state index in [0.717, 1.165) is 58.3 Å². The smallest absolute Gasteiger partial charge is 0.155 e. The number of aryl methyl sites for hydroxylation is 1. The van der Waals surface area contributed by atoms with Crippen LogP contribution in [-0.4, -0.2) is 53.9 Å². The predicted octanol–water partition coefficient (Wildman–Crippen LogP) is 5.01. The van der Waals surface area contributed by atoms with E-state index in [1.807, 2.05) is 6.20 Å². The molecule has 0 bridgehead atoms. The van der Waals surface area contributed by atoms with Crippen molar-refractivity contribution in [2.45, 2.75) is 44.2 Å². The fourth-order valence-corrected chi connectivity index (χ4v) is 6.21. The van der Waals surface area contributed by atoms with Crippen molar-refractivity contribution >= 4 is 28.1 Å². The minimum absolute atomic E-state index is 0.0601. The van der Waals surface area contributed by atoms with Gasteiger partial charge in [0.25, 0.3) is 0 Å². The molecule has 6 rings (SSSR count). The number of rotatable bonds is 5. The molecule has 1 fully saturated rings. The van der Waals surface area contributed by atoms with Crippen LogP contribution >= 0.6 is 0 Å². The van der Waals surface area contributed by atoms with Gasteiger partial charge in [-0.3, -0.25) is 9.69 Å². The van der Waals surface area contributed by atoms with Crippen LogP contribution in [0.25, 0.3) is 10.9 Å². The molecule has 3 heterocycles. The Morgan fingerprint density at radius 2 is 1.82 bits per heavy atom. The minimum Gasteiger partial charge on any atom is -0.380 e. The molecule has 2 aliphatic heterocycles. The fraction of sp³-hybridized carbons (Fsp3) is 0.414. The van der Waals surface area contributed by atoms with Crippen LogP contribution in [0.15, 0.2) is 66.9 Å². The van der Waals surface area contributed by atoms with Crippen molar-refractivity contribution in [2.24, 2.45) is 5.92 Å². The fourth-order valence-electron chi connectivity index (χ4n) is 6.21. The van der Waals surface area contributed by atoms with Gasteiger partial charge in [-0.25, -0.2) is 0 Å². The number of anilines is 2. The van der Waals surface area contributed by atoms with E-state index in [1.54, 1.807) is 0 Å². The molecule has 0 radical (unpaired) electrons. The summed E-state index contributed by atoms with van der Waals surface area (Å²) in [7, 11) is 0. The third-order valence-electron chi connectivity index (χ3n) is 8.05. The van der Waals surface area contributed by atoms with Crippen LogP contribution in [0.4, 0.5) is 11.4 Å². The number of carbonyl (C=O) groups excluding carboxylic acids is 1. The second-order valence-corrected chi connectivity index (χ2v) is 10.0. The molecule has 5 heteroatoms. The van der Waals surface area contributed by atoms with Crippen LogP contribution in [0.2, 0.25) is 0 Å². The number of hydrogen-bond acceptors (Lipinski definition) is 4. The highest BCUT2D eigenvalue weighted by Gasteiger charge is 2.39. The van der Waals surface area contributed by atoms with E-state index < -0.39 is 0 Å². The highest BCUT2D eigenvalue weighted by Crippen LogP contribution is 2.32. The van der Waals surface area contributed by atoms with Crippen molar-refractivity contribution < 1.29 is 4.79 Å². The van der Waals surface area contributed by atoms with Gasteiger partial charge in [0, 0.05) is 66.6 Å². The average molecular weight is 455 g/mol. The van der Waals surface area contributed by atoms with E-state index in [0.29, 0.717) is 5.78 Å². The average Bonchev–Trinajstić information content (AvgIpc) is 3.39. The summed E-state index contributed by atoms with van der Waals surface area (Å²) < 4.78 is 0. The Morgan fingerprint density at radius 1 is 0.941 bits per heavy atom. The molecule has 3 aliphatic rings. The predicted molar refractivity (Wildman–Crippen MR) is 140 cm³/mol. The molecule has 5 nitrogen and oxygen atoms in total. The molecule has 176 valence electrons. The van der Waals surface area contributed by atoms with Crippen molar-refractivity contribution in [3.8, 4) is 0 Å². The molecule has 1 saturated heterocycles. The zero-order valence-electron chi connectivity index (χ0n) is 19.7. The SMILES string of the molecule is O=C(C1CC=CCC1)C(C1CCc2ccccc2N1)N1CCN(c2cccc3[nH]ccc23)CC1. The van der Waals surface area contributed by atoms with E-state index in [9.17, 15) is 4.79 Å². The van der Waals surface area contributed by atoms with Gasteiger partial charge in [-0.15, -0.1) is 0 Å². The number of nitrogens with zero attached hydrogens (tertiary/aromatic N) is 2. The van der Waals surface area contributed by atoms with Gasteiger partial charge in [0.1, 0.15) is 0 Å². The van der Waals surface area contributed by atoms with Crippen LogP contribution in [-0.2, 0) is 11.2 Å². The van der Waals surface area contributed by atoms with E-state index >= 15 is 0 Å². The van der Waals surface area contributed by atoms with E-state index in [4.69, 9.17) is 0 Å². The van der Waals surface area contributed by atoms with Crippen LogP contribution in [0.5, 0.6) is 0 Å². The number of aromatic nitrogens is 1. The maximum absolute atomic E-state index is 14.0. The minimum atomic E-state index is -0.0601. The Bertz CT molecular complexity index is 1190. The molecule has 2 N–H and O–H groups in total. The lowest BCUT2D eigenvalue weighted by Crippen LogP contribution is -2.59. The molecule has 0 amide bonds. The van der Waals surface area contributed by atoms with Crippen molar-refractivity contribution in [2.75, 3.05) is 36.4 Å². The topological polar surface area (TPSA) is 51.4 Å². The number of para-hydroxylation sites is 1. The second-order valence-electron chi connectivity index (χ2n) is 10.0. The number of Topliss-reactive ketones (excluding diaryl/α,β-unsaturated/α-hetero) is 1. The Hall–Kier alpha value is -3.05. The van der Waals surface area contributed by atoms with E-state index in [-0.39, 0.29) is 18.0 Å². The first-order valence-electron chi connectivity index (χ1n) is 12.9. The molecular formula is C29H34N4O. The van der Waals surface area contributed by atoms with E-state index in [2.05, 4.69) is 80.8 Å². The van der Waals surface area contributed by atoms with Gasteiger partial charge < -0.3 is 15.2 Å². The molecule has 34 heavy (non-hydrogen) atoms. The summed E-state index contributed by atoms with van der Waals surface area (Å²) in [6.45, 7) is 3.73. The van der Waals surface area contributed by atoms with Gasteiger partial charge in [0.15, 0.2) is 5.78 Å². The Morgan fingerprint density at radius 3 is 2.68 bits per heavy atom. The first-order chi connectivity index (χ1) is 16.8. The van der Waals surface area contributed by atoms with Gasteiger partial charge >= 0.3 is 0 Å². The summed E-state index contributed by atoms with van der Waals surface area (Å²) >= 11 is 0. The number of carbonyl (C=O) groups is 1. The summed E-state index contributed by atoms with van der Waals surface area (Å²) in [5.74, 6) is 0.600. The quantitative estimate of drug-likeness (QED) is 0.532. The summed E-state index contributed by atoms with van der Waals surface area (Å²) in [6, 6.07) is 17.4. The van der Waals surface area contributed by atoms with Gasteiger partial charge in [0.05, 0.1) is 6.04 Å². The van der Waals surface area contributed by atoms with Crippen molar-refractivity contribution in [3.63, 3.8) is 0 Å². The summed E-state index contributed by atoms with van der Waals surface area (Å²) in [5.41, 5.74) is 5.06. The Kier molecular flexibility index (Phi) is 5.88. The second kappa shape index (κ2) is 9.30. The highest BCUT2D eigenvalue weighted by atomic mass is 16.1. The van der Waals surface area contributed by atoms with Crippen LogP contribution < -0.4 is 10.2 Å². The molecule has 0 saturated carbocycles. The third kappa shape index (κ3) is 4.03. The van der Waals surface area contributed by atoms with Crippen LogP contribution in [0, 0.1) is 5.92 Å². The molecule has 1 aliphatic carbocycles. The number of piperazine rings is 1. The first kappa shape index (κ1) is 21.5. The lowest BCUT2D eigenvalue weighted by Gasteiger charge is -2.44. The first-order valence-corrected chi connectivity index (χ1v) is 12.9. The molecule has 1 aromatic heterocycles. The zero-order chi connectivity index (χ0) is 22.9. The number of fused-ring (bicyclic) bond motifs is 2. The number of benzene rings is 2. The molecular weight excluding hydrogens is 420 g/mol. The highest BCUT2D eigenvalue weighted by molar-refractivity contribution is 5.92. The largest absolute Gasteiger partial charge is 0.380 e. The van der Waals surface area contributed by atoms with Gasteiger partial charge in [-0.2, -0.15) is 0 Å². The van der Waals surface area contributed by atoms with Gasteiger partial charge in [0.2, 0.25) is 0 Å². The molecule has 3 unspecified atom stereocenters. The normalized spacial score (nSPS) is 23.9. The molecule has 0 spiro atoms. The van der Waals surface area contributed by atoms with Gasteiger partial charge in [-0.05, 0) is 61.9 Å². The molecule has 2 aromatic carbocycles. The summed E-state index contributed by atoms with van der Waals surface area (Å²) in [4.78, 5) is 22.3. The number of hydrogen-bond donors (Lipinski definition) is 2. The van der Waals surface area contributed by atoms with Crippen LogP contribution in [0.3, 0.4) is 0 Å². The summed E-state index contributed by atoms with van der Waals surface area (Å²) in [5, 5.41) is 5.06. The summed E-state index contributed by atoms with van der Waals surface area (Å²) in [6.07, 6.45) is 11.4. The number of nitrogens with one attached hydrogen (secondary N) is 2. The lowest BCUT2D eigenvalue weighted by atomic mass is 9.82. The maximum atomic E-state index is 14.0. The van der Waals surface area contributed by atoms with Crippen molar-refractivity contribution in [1.82, 2.24) is 9.88 Å². The van der Waals surface area contributed by atoms with Crippen LogP contribution in [0.1, 0.15) is 31.2 Å². The van der Waals surface area contributed by atoms with Crippen molar-refractivity contribution in [3.05, 3.63) is 72.4 Å². The maximum Gasteiger partial charge on any atom is 0.155 e. The lowest BCUT2D eigenvalue weighted by molar-refractivity contribution is -0.129. The molecule has 3 atom stereocenters. The zero-order valence-corrected chi connectivity index (χ0v) is 19.7. The number of ketones is 1. The monoisotopic (exact) mass is 454 g/mol. The standard InChI is InChI=1S/C29H34N4O/c34-29(22-8-2-1-3-9-22)28(26-14-13-21-7-4-5-10-24(21)31-26)33-19-17-32(18-20-33)27-12-6-11-25-23(27)15-16-30-25/h1-2,4-7,10-12,15-16,22,26,28,30-31H,3,8-9,13-14,17-20H2. The van der Waals surface area contributed by atoms with E-state index in [1.165, 1.54) is 27.8 Å². The Balaban J connectivity index is 1.23. The Labute approximate surface area is 201 Å². The van der Waals surface area contributed by atoms with Gasteiger partial charge in [-0.1, -0.05) is 36.4 Å². The number of allylic oxidation sites excluding steroid dienone is 2. The number of aromatic amines is 1. The van der Waals surface area contributed by atoms with Crippen molar-refractivity contribution in [1.29, 1.82) is 0 Å². The third-order valence-corrected chi connectivity index (χ3v) is 8.05. The number of H-pyrrole nitrogens is 1.